The molecule has 0 spiro atoms. The van der Waals surface area contributed by atoms with Gasteiger partial charge >= 0.3 is 0 Å². The molecule has 0 aliphatic heterocycles. The standard InChI is InChI=1S/C17H23N3O/c1-13-7-8-16-19-15(12-20(16)11-13)10-18-17(21)9-14-5-3-2-4-6-14/h7-8,11-12,14H,2-6,9-10H2,1H3,(H,18,21). The number of aryl methyl sites for hydroxylation is 1. The van der Waals surface area contributed by atoms with Crippen molar-refractivity contribution >= 4 is 11.6 Å². The van der Waals surface area contributed by atoms with E-state index in [1.54, 1.807) is 0 Å². The molecule has 1 saturated carbocycles. The van der Waals surface area contributed by atoms with Crippen LogP contribution in [0.1, 0.15) is 49.8 Å². The van der Waals surface area contributed by atoms with E-state index in [2.05, 4.69) is 23.4 Å². The van der Waals surface area contributed by atoms with E-state index in [1.165, 1.54) is 37.7 Å². The van der Waals surface area contributed by atoms with E-state index in [-0.39, 0.29) is 5.91 Å². The summed E-state index contributed by atoms with van der Waals surface area (Å²) in [4.78, 5) is 16.5. The first-order valence-electron chi connectivity index (χ1n) is 7.91. The molecule has 1 N–H and O–H groups in total. The zero-order valence-corrected chi connectivity index (χ0v) is 12.6. The van der Waals surface area contributed by atoms with Crippen LogP contribution in [0.3, 0.4) is 0 Å². The van der Waals surface area contributed by atoms with E-state index >= 15 is 0 Å². The van der Waals surface area contributed by atoms with Gasteiger partial charge < -0.3 is 9.72 Å². The lowest BCUT2D eigenvalue weighted by Crippen LogP contribution is -2.26. The van der Waals surface area contributed by atoms with Crippen molar-refractivity contribution < 1.29 is 4.79 Å². The van der Waals surface area contributed by atoms with Gasteiger partial charge in [-0.15, -0.1) is 0 Å². The maximum atomic E-state index is 12.0. The second-order valence-corrected chi connectivity index (χ2v) is 6.19. The van der Waals surface area contributed by atoms with Crippen molar-refractivity contribution in [3.05, 3.63) is 35.8 Å². The quantitative estimate of drug-likeness (QED) is 0.937. The molecule has 4 heteroatoms. The molecule has 0 radical (unpaired) electrons. The Bertz CT molecular complexity index is 626. The highest BCUT2D eigenvalue weighted by atomic mass is 16.1. The van der Waals surface area contributed by atoms with Crippen LogP contribution < -0.4 is 5.32 Å². The smallest absolute Gasteiger partial charge is 0.220 e. The Morgan fingerprint density at radius 2 is 2.10 bits per heavy atom. The van der Waals surface area contributed by atoms with Crippen molar-refractivity contribution in [2.24, 2.45) is 5.92 Å². The Kier molecular flexibility index (Phi) is 4.23. The number of hydrogen-bond donors (Lipinski definition) is 1. The third kappa shape index (κ3) is 3.63. The molecule has 0 bridgehead atoms. The molecule has 4 nitrogen and oxygen atoms in total. The highest BCUT2D eigenvalue weighted by molar-refractivity contribution is 5.76. The Morgan fingerprint density at radius 1 is 1.29 bits per heavy atom. The summed E-state index contributed by atoms with van der Waals surface area (Å²) in [6.07, 6.45) is 11.0. The number of carbonyl (C=O) groups excluding carboxylic acids is 1. The summed E-state index contributed by atoms with van der Waals surface area (Å²) in [5, 5.41) is 3.01. The minimum Gasteiger partial charge on any atom is -0.350 e. The second kappa shape index (κ2) is 6.29. The van der Waals surface area contributed by atoms with Crippen molar-refractivity contribution in [2.75, 3.05) is 0 Å². The predicted molar refractivity (Wildman–Crippen MR) is 83.0 cm³/mol. The average molecular weight is 285 g/mol. The third-order valence-corrected chi connectivity index (χ3v) is 4.31. The van der Waals surface area contributed by atoms with Crippen LogP contribution in [0.15, 0.2) is 24.5 Å². The molecule has 0 aromatic carbocycles. The molecule has 112 valence electrons. The molecular formula is C17H23N3O. The SMILES string of the molecule is Cc1ccc2nc(CNC(=O)CC3CCCCC3)cn2c1. The van der Waals surface area contributed by atoms with E-state index < -0.39 is 0 Å². The highest BCUT2D eigenvalue weighted by Gasteiger charge is 2.16. The van der Waals surface area contributed by atoms with Crippen LogP contribution in [0.4, 0.5) is 0 Å². The van der Waals surface area contributed by atoms with Gasteiger partial charge in [0.1, 0.15) is 5.65 Å². The molecule has 2 aromatic rings. The van der Waals surface area contributed by atoms with Gasteiger partial charge in [-0.25, -0.2) is 4.98 Å². The number of pyridine rings is 1. The lowest BCUT2D eigenvalue weighted by Gasteiger charge is -2.20. The topological polar surface area (TPSA) is 46.4 Å². The molecule has 3 rings (SSSR count). The van der Waals surface area contributed by atoms with Gasteiger partial charge in [0, 0.05) is 18.8 Å². The summed E-state index contributed by atoms with van der Waals surface area (Å²) in [6, 6.07) is 4.05. The molecule has 2 aromatic heterocycles. The minimum atomic E-state index is 0.162. The van der Waals surface area contributed by atoms with Gasteiger partial charge in [0.2, 0.25) is 5.91 Å². The van der Waals surface area contributed by atoms with E-state index in [9.17, 15) is 4.79 Å². The largest absolute Gasteiger partial charge is 0.350 e. The minimum absolute atomic E-state index is 0.162. The van der Waals surface area contributed by atoms with Gasteiger partial charge in [-0.2, -0.15) is 0 Å². The zero-order valence-electron chi connectivity index (χ0n) is 12.6. The van der Waals surface area contributed by atoms with Crippen molar-refractivity contribution in [3.63, 3.8) is 0 Å². The van der Waals surface area contributed by atoms with E-state index in [0.29, 0.717) is 18.9 Å². The molecule has 1 aliphatic carbocycles. The molecule has 21 heavy (non-hydrogen) atoms. The van der Waals surface area contributed by atoms with Crippen molar-refractivity contribution in [1.82, 2.24) is 14.7 Å². The van der Waals surface area contributed by atoms with Crippen molar-refractivity contribution in [1.29, 1.82) is 0 Å². The molecule has 1 fully saturated rings. The summed E-state index contributed by atoms with van der Waals surface area (Å²) in [7, 11) is 0. The van der Waals surface area contributed by atoms with Gasteiger partial charge in [0.15, 0.2) is 0 Å². The Morgan fingerprint density at radius 3 is 2.90 bits per heavy atom. The number of hydrogen-bond acceptors (Lipinski definition) is 2. The van der Waals surface area contributed by atoms with E-state index in [1.807, 2.05) is 22.7 Å². The summed E-state index contributed by atoms with van der Waals surface area (Å²) >= 11 is 0. The molecule has 0 unspecified atom stereocenters. The van der Waals surface area contributed by atoms with Gasteiger partial charge in [0.05, 0.1) is 12.2 Å². The number of nitrogens with one attached hydrogen (secondary N) is 1. The Balaban J connectivity index is 1.54. The fourth-order valence-corrected chi connectivity index (χ4v) is 3.16. The van der Waals surface area contributed by atoms with E-state index in [0.717, 1.165) is 11.3 Å². The number of imidazole rings is 1. The fraction of sp³-hybridized carbons (Fsp3) is 0.529. The van der Waals surface area contributed by atoms with Crippen LogP contribution in [0, 0.1) is 12.8 Å². The van der Waals surface area contributed by atoms with Crippen LogP contribution in [0.2, 0.25) is 0 Å². The first-order valence-corrected chi connectivity index (χ1v) is 7.91. The maximum absolute atomic E-state index is 12.0. The highest BCUT2D eigenvalue weighted by Crippen LogP contribution is 2.26. The van der Waals surface area contributed by atoms with Crippen LogP contribution in [-0.4, -0.2) is 15.3 Å². The number of aromatic nitrogens is 2. The predicted octanol–water partition coefficient (Wildman–Crippen LogP) is 3.23. The van der Waals surface area contributed by atoms with Crippen LogP contribution in [-0.2, 0) is 11.3 Å². The number of fused-ring (bicyclic) bond motifs is 1. The maximum Gasteiger partial charge on any atom is 0.220 e. The molecule has 0 saturated heterocycles. The summed E-state index contributed by atoms with van der Waals surface area (Å²) < 4.78 is 2.01. The molecular weight excluding hydrogens is 262 g/mol. The molecule has 2 heterocycles. The van der Waals surface area contributed by atoms with E-state index in [4.69, 9.17) is 0 Å². The number of carbonyl (C=O) groups is 1. The number of nitrogens with zero attached hydrogens (tertiary/aromatic N) is 2. The lowest BCUT2D eigenvalue weighted by molar-refractivity contribution is -0.122. The van der Waals surface area contributed by atoms with Gasteiger partial charge in [-0.1, -0.05) is 25.3 Å². The monoisotopic (exact) mass is 285 g/mol. The second-order valence-electron chi connectivity index (χ2n) is 6.19. The first-order chi connectivity index (χ1) is 10.2. The normalized spacial score (nSPS) is 16.2. The van der Waals surface area contributed by atoms with Crippen molar-refractivity contribution in [3.8, 4) is 0 Å². The zero-order chi connectivity index (χ0) is 14.7. The summed E-state index contributed by atoms with van der Waals surface area (Å²) in [5.74, 6) is 0.748. The van der Waals surface area contributed by atoms with Crippen LogP contribution in [0.5, 0.6) is 0 Å². The van der Waals surface area contributed by atoms with Gasteiger partial charge in [-0.05, 0) is 37.3 Å². The number of rotatable bonds is 4. The fourth-order valence-electron chi connectivity index (χ4n) is 3.16. The summed E-state index contributed by atoms with van der Waals surface area (Å²) in [5.41, 5.74) is 3.04. The van der Waals surface area contributed by atoms with Gasteiger partial charge in [0.25, 0.3) is 0 Å². The summed E-state index contributed by atoms with van der Waals surface area (Å²) in [6.45, 7) is 2.58. The molecule has 1 amide bonds. The molecule has 0 atom stereocenters. The number of amides is 1. The average Bonchev–Trinajstić information content (AvgIpc) is 2.88. The van der Waals surface area contributed by atoms with Crippen LogP contribution >= 0.6 is 0 Å². The van der Waals surface area contributed by atoms with Crippen LogP contribution in [0.25, 0.3) is 5.65 Å². The van der Waals surface area contributed by atoms with Crippen molar-refractivity contribution in [2.45, 2.75) is 52.0 Å². The van der Waals surface area contributed by atoms with Gasteiger partial charge in [-0.3, -0.25) is 4.79 Å². The molecule has 1 aliphatic rings. The lowest BCUT2D eigenvalue weighted by atomic mass is 9.87. The first kappa shape index (κ1) is 14.1. The Labute approximate surface area is 125 Å². The third-order valence-electron chi connectivity index (χ3n) is 4.31. The Hall–Kier alpha value is -1.84.